The second-order valence-corrected chi connectivity index (χ2v) is 11.1. The van der Waals surface area contributed by atoms with Gasteiger partial charge in [-0.05, 0) is 60.9 Å². The molecule has 0 spiro atoms. The van der Waals surface area contributed by atoms with Gasteiger partial charge in [-0.2, -0.15) is 13.2 Å². The summed E-state index contributed by atoms with van der Waals surface area (Å²) in [5, 5.41) is 2.34. The molecular weight excluding hydrogens is 563 g/mol. The average Bonchev–Trinajstić information content (AvgIpc) is 3.25. The summed E-state index contributed by atoms with van der Waals surface area (Å²) in [7, 11) is 0. The second-order valence-electron chi connectivity index (χ2n) is 9.96. The van der Waals surface area contributed by atoms with Crippen LogP contribution in [0.4, 0.5) is 24.5 Å². The monoisotopic (exact) mass is 597 g/mol. The minimum atomic E-state index is -4.51. The Morgan fingerprint density at radius 1 is 1.00 bits per heavy atom. The molecule has 0 saturated carbocycles. The number of hydrogen-bond donors (Lipinski definition) is 1. The highest BCUT2D eigenvalue weighted by Crippen LogP contribution is 2.35. The molecule has 1 aliphatic rings. The smallest absolute Gasteiger partial charge is 0.416 e. The van der Waals surface area contributed by atoms with Gasteiger partial charge in [0.1, 0.15) is 11.0 Å². The number of nitrogens with one attached hydrogen (secondary N) is 1. The number of aliphatic imine (C=N–C) groups is 1. The van der Waals surface area contributed by atoms with Crippen LogP contribution in [0.3, 0.4) is 0 Å². The van der Waals surface area contributed by atoms with Crippen molar-refractivity contribution in [1.29, 1.82) is 0 Å². The first kappa shape index (κ1) is 31.2. The number of thioether (sulfide) groups is 1. The van der Waals surface area contributed by atoms with Crippen molar-refractivity contribution in [3.8, 4) is 5.75 Å². The number of benzene rings is 3. The first-order chi connectivity index (χ1) is 20.2. The Balaban J connectivity index is 1.42. The molecule has 0 bridgehead atoms. The van der Waals surface area contributed by atoms with E-state index in [4.69, 9.17) is 4.74 Å². The summed E-state index contributed by atoms with van der Waals surface area (Å²) in [6.07, 6.45) is 0.360. The zero-order valence-electron chi connectivity index (χ0n) is 23.4. The van der Waals surface area contributed by atoms with Crippen molar-refractivity contribution in [2.45, 2.75) is 56.9 Å². The minimum Gasteiger partial charge on any atom is -0.494 e. The molecule has 1 aliphatic heterocycles. The van der Waals surface area contributed by atoms with Crippen LogP contribution < -0.4 is 10.1 Å². The third kappa shape index (κ3) is 9.11. The van der Waals surface area contributed by atoms with E-state index in [1.807, 2.05) is 30.3 Å². The van der Waals surface area contributed by atoms with E-state index in [2.05, 4.69) is 17.2 Å². The van der Waals surface area contributed by atoms with Crippen LogP contribution in [0.2, 0.25) is 0 Å². The van der Waals surface area contributed by atoms with Crippen LogP contribution in [-0.4, -0.2) is 40.3 Å². The van der Waals surface area contributed by atoms with Crippen LogP contribution in [0, 0.1) is 0 Å². The van der Waals surface area contributed by atoms with E-state index in [0.717, 1.165) is 54.5 Å². The zero-order valence-corrected chi connectivity index (χ0v) is 24.2. The minimum absolute atomic E-state index is 0.0857. The second kappa shape index (κ2) is 14.9. The van der Waals surface area contributed by atoms with Crippen molar-refractivity contribution in [3.63, 3.8) is 0 Å². The summed E-state index contributed by atoms with van der Waals surface area (Å²) in [6.45, 7) is 3.08. The third-order valence-corrected chi connectivity index (χ3v) is 7.84. The maximum atomic E-state index is 13.4. The number of amidine groups is 1. The van der Waals surface area contributed by atoms with Gasteiger partial charge in [0.15, 0.2) is 5.17 Å². The van der Waals surface area contributed by atoms with E-state index < -0.39 is 17.0 Å². The SMILES string of the molecule is CCCCCCOc1ccc(NC(=O)C[C@H]2SC(=Nc3cccc(C(F)(F)F)c3)N(CCc3ccccc3)C2=O)cc1. The van der Waals surface area contributed by atoms with E-state index in [9.17, 15) is 22.8 Å². The molecular formula is C32H34F3N3O3S. The van der Waals surface area contributed by atoms with E-state index in [-0.39, 0.29) is 35.6 Å². The number of amides is 2. The van der Waals surface area contributed by atoms with Crippen molar-refractivity contribution in [1.82, 2.24) is 4.90 Å². The van der Waals surface area contributed by atoms with Crippen molar-refractivity contribution in [2.75, 3.05) is 18.5 Å². The number of rotatable bonds is 13. The van der Waals surface area contributed by atoms with Crippen molar-refractivity contribution in [2.24, 2.45) is 4.99 Å². The number of anilines is 1. The Morgan fingerprint density at radius 3 is 2.48 bits per heavy atom. The standard InChI is InChI=1S/C32H34F3N3O3S/c1-2-3-4-8-20-41-27-16-14-25(15-17-27)36-29(39)22-28-30(40)38(19-18-23-10-6-5-7-11-23)31(42-28)37-26-13-9-12-24(21-26)32(33,34)35/h5-7,9-17,21,28H,2-4,8,18-20,22H2,1H3,(H,36,39)/t28-/m1/s1. The normalized spacial score (nSPS) is 16.2. The van der Waals surface area contributed by atoms with Gasteiger partial charge in [-0.15, -0.1) is 0 Å². The van der Waals surface area contributed by atoms with Crippen LogP contribution in [0.15, 0.2) is 83.9 Å². The molecule has 10 heteroatoms. The highest BCUT2D eigenvalue weighted by Gasteiger charge is 2.39. The highest BCUT2D eigenvalue weighted by atomic mass is 32.2. The Labute approximate surface area is 248 Å². The van der Waals surface area contributed by atoms with E-state index in [1.165, 1.54) is 23.5 Å². The van der Waals surface area contributed by atoms with Gasteiger partial charge < -0.3 is 10.1 Å². The maximum Gasteiger partial charge on any atom is 0.416 e. The topological polar surface area (TPSA) is 71.0 Å². The van der Waals surface area contributed by atoms with Crippen molar-refractivity contribution < 1.29 is 27.5 Å². The Morgan fingerprint density at radius 2 is 1.76 bits per heavy atom. The van der Waals surface area contributed by atoms with Gasteiger partial charge in [-0.25, -0.2) is 4.99 Å². The first-order valence-corrected chi connectivity index (χ1v) is 14.9. The fraction of sp³-hybridized carbons (Fsp3) is 0.344. The number of carbonyl (C=O) groups excluding carboxylic acids is 2. The summed E-state index contributed by atoms with van der Waals surface area (Å²) >= 11 is 1.09. The molecule has 0 radical (unpaired) electrons. The van der Waals surface area contributed by atoms with Crippen LogP contribution in [0.25, 0.3) is 0 Å². The summed E-state index contributed by atoms with van der Waals surface area (Å²) in [4.78, 5) is 32.2. The lowest BCUT2D eigenvalue weighted by atomic mass is 10.1. The lowest BCUT2D eigenvalue weighted by molar-refractivity contribution is -0.137. The molecule has 3 aromatic carbocycles. The highest BCUT2D eigenvalue weighted by molar-refractivity contribution is 8.15. The Hall–Kier alpha value is -3.79. The fourth-order valence-corrected chi connectivity index (χ4v) is 5.60. The van der Waals surface area contributed by atoms with Crippen molar-refractivity contribution >= 4 is 40.1 Å². The van der Waals surface area contributed by atoms with Crippen LogP contribution >= 0.6 is 11.8 Å². The summed E-state index contributed by atoms with van der Waals surface area (Å²) in [6, 6.07) is 21.3. The molecule has 1 atom stereocenters. The number of ether oxygens (including phenoxy) is 1. The van der Waals surface area contributed by atoms with Crippen LogP contribution in [0.1, 0.15) is 50.2 Å². The van der Waals surface area contributed by atoms with Crippen LogP contribution in [0.5, 0.6) is 5.75 Å². The van der Waals surface area contributed by atoms with Gasteiger partial charge in [0.2, 0.25) is 11.8 Å². The van der Waals surface area contributed by atoms with E-state index in [1.54, 1.807) is 24.3 Å². The summed E-state index contributed by atoms with van der Waals surface area (Å²) < 4.78 is 45.5. The Bertz CT molecular complexity index is 1360. The van der Waals surface area contributed by atoms with Gasteiger partial charge in [-0.1, -0.05) is 74.3 Å². The van der Waals surface area contributed by atoms with Gasteiger partial charge >= 0.3 is 6.18 Å². The Kier molecular flexibility index (Phi) is 11.1. The molecule has 0 aliphatic carbocycles. The van der Waals surface area contributed by atoms with Gasteiger partial charge in [-0.3, -0.25) is 14.5 Å². The summed E-state index contributed by atoms with van der Waals surface area (Å²) in [5.41, 5.74) is 0.844. The lowest BCUT2D eigenvalue weighted by Crippen LogP contribution is -2.35. The quantitative estimate of drug-likeness (QED) is 0.204. The molecule has 1 fully saturated rings. The molecule has 1 saturated heterocycles. The van der Waals surface area contributed by atoms with Crippen molar-refractivity contribution in [3.05, 3.63) is 90.0 Å². The molecule has 222 valence electrons. The molecule has 0 aromatic heterocycles. The molecule has 6 nitrogen and oxygen atoms in total. The van der Waals surface area contributed by atoms with Crippen LogP contribution in [-0.2, 0) is 22.2 Å². The maximum absolute atomic E-state index is 13.4. The largest absolute Gasteiger partial charge is 0.494 e. The van der Waals surface area contributed by atoms with Gasteiger partial charge in [0.25, 0.3) is 0 Å². The van der Waals surface area contributed by atoms with Gasteiger partial charge in [0, 0.05) is 18.7 Å². The number of nitrogens with zero attached hydrogens (tertiary/aromatic N) is 2. The average molecular weight is 598 g/mol. The first-order valence-electron chi connectivity index (χ1n) is 14.0. The number of carbonyl (C=O) groups is 2. The predicted molar refractivity (Wildman–Crippen MR) is 161 cm³/mol. The number of hydrogen-bond acceptors (Lipinski definition) is 5. The summed E-state index contributed by atoms with van der Waals surface area (Å²) in [5.74, 6) is 0.0663. The molecule has 2 amide bonds. The number of alkyl halides is 3. The molecule has 3 aromatic rings. The number of unbranched alkanes of at least 4 members (excludes halogenated alkanes) is 3. The van der Waals surface area contributed by atoms with E-state index in [0.29, 0.717) is 18.7 Å². The predicted octanol–water partition coefficient (Wildman–Crippen LogP) is 7.87. The molecule has 4 rings (SSSR count). The molecule has 1 N–H and O–H groups in total. The fourth-order valence-electron chi connectivity index (χ4n) is 4.41. The molecule has 1 heterocycles. The third-order valence-electron chi connectivity index (χ3n) is 6.66. The van der Waals surface area contributed by atoms with Gasteiger partial charge in [0.05, 0.1) is 17.9 Å². The zero-order chi connectivity index (χ0) is 30.0. The number of halogens is 3. The molecule has 0 unspecified atom stereocenters. The molecule has 42 heavy (non-hydrogen) atoms. The lowest BCUT2D eigenvalue weighted by Gasteiger charge is -2.17. The van der Waals surface area contributed by atoms with E-state index >= 15 is 0 Å².